The van der Waals surface area contributed by atoms with Crippen LogP contribution in [0.3, 0.4) is 0 Å². The number of carbonyl (C=O) groups is 3. The minimum Gasteiger partial charge on any atom is -0.475 e. The van der Waals surface area contributed by atoms with E-state index in [0.29, 0.717) is 24.6 Å². The Balaban J connectivity index is 0.000000493. The van der Waals surface area contributed by atoms with Crippen LogP contribution < -0.4 is 9.80 Å². The normalized spacial score (nSPS) is 15.9. The molecule has 0 radical (unpaired) electrons. The summed E-state index contributed by atoms with van der Waals surface area (Å²) in [4.78, 5) is 45.3. The van der Waals surface area contributed by atoms with E-state index in [2.05, 4.69) is 9.88 Å². The van der Waals surface area contributed by atoms with Gasteiger partial charge in [0.05, 0.1) is 0 Å². The number of carbonyl (C=O) groups excluding carboxylic acids is 2. The van der Waals surface area contributed by atoms with Gasteiger partial charge in [0, 0.05) is 55.5 Å². The molecule has 0 atom stereocenters. The number of halogens is 4. The summed E-state index contributed by atoms with van der Waals surface area (Å²) in [6, 6.07) is 17.3. The van der Waals surface area contributed by atoms with Crippen LogP contribution in [-0.2, 0) is 16.1 Å². The first-order valence-electron chi connectivity index (χ1n) is 12.9. The number of aliphatic carboxylic acids is 1. The second-order valence-electron chi connectivity index (χ2n) is 9.74. The Morgan fingerprint density at radius 3 is 2.15 bits per heavy atom. The fourth-order valence-corrected chi connectivity index (χ4v) is 4.86. The average Bonchev–Trinajstić information content (AvgIpc) is 3.10. The van der Waals surface area contributed by atoms with Gasteiger partial charge >= 0.3 is 12.1 Å². The Hall–Kier alpha value is -4.48. The fourth-order valence-electron chi connectivity index (χ4n) is 4.86. The number of carboxylic acid groups (broad SMARTS) is 1. The summed E-state index contributed by atoms with van der Waals surface area (Å²) in [7, 11) is 0. The van der Waals surface area contributed by atoms with Crippen molar-refractivity contribution in [2.75, 3.05) is 36.0 Å². The van der Waals surface area contributed by atoms with E-state index in [9.17, 15) is 27.2 Å². The number of hydrogen-bond acceptors (Lipinski definition) is 5. The third-order valence-electron chi connectivity index (χ3n) is 6.97. The number of alkyl halides is 3. The van der Waals surface area contributed by atoms with Gasteiger partial charge in [0.25, 0.3) is 5.91 Å². The smallest absolute Gasteiger partial charge is 0.475 e. The molecule has 0 bridgehead atoms. The molecule has 12 heteroatoms. The van der Waals surface area contributed by atoms with Crippen molar-refractivity contribution >= 4 is 29.2 Å². The van der Waals surface area contributed by atoms with Crippen LogP contribution >= 0.6 is 0 Å². The summed E-state index contributed by atoms with van der Waals surface area (Å²) < 4.78 is 45.1. The predicted octanol–water partition coefficient (Wildman–Crippen LogP) is 4.76. The lowest BCUT2D eigenvalue weighted by Gasteiger charge is -2.36. The Morgan fingerprint density at radius 1 is 0.927 bits per heavy atom. The SMILES string of the molecule is O=C(O)C(F)(F)F.O=C(c1ccc(F)cc1)N1CC(=O)N(CC2CCN(c3ccncc3)CC2)c2ccccc2C1. The van der Waals surface area contributed by atoms with E-state index in [1.807, 2.05) is 53.7 Å². The zero-order chi connectivity index (χ0) is 29.6. The number of hydrogen-bond donors (Lipinski definition) is 1. The monoisotopic (exact) mass is 572 g/mol. The van der Waals surface area contributed by atoms with Crippen LogP contribution in [0.25, 0.3) is 0 Å². The van der Waals surface area contributed by atoms with Crippen LogP contribution in [0.5, 0.6) is 0 Å². The molecule has 2 aromatic carbocycles. The third-order valence-corrected chi connectivity index (χ3v) is 6.97. The lowest BCUT2D eigenvalue weighted by Crippen LogP contribution is -2.44. The molecule has 8 nitrogen and oxygen atoms in total. The van der Waals surface area contributed by atoms with Crippen molar-refractivity contribution in [3.8, 4) is 0 Å². The van der Waals surface area contributed by atoms with Gasteiger partial charge in [0.2, 0.25) is 5.91 Å². The maximum absolute atomic E-state index is 13.4. The molecule has 1 saturated heterocycles. The summed E-state index contributed by atoms with van der Waals surface area (Å²) >= 11 is 0. The predicted molar refractivity (Wildman–Crippen MR) is 143 cm³/mol. The van der Waals surface area contributed by atoms with E-state index in [0.717, 1.165) is 37.2 Å². The molecule has 2 aliphatic rings. The summed E-state index contributed by atoms with van der Waals surface area (Å²) in [5, 5.41) is 7.12. The van der Waals surface area contributed by atoms with Crippen LogP contribution in [0, 0.1) is 11.7 Å². The number of aromatic nitrogens is 1. The molecule has 0 unspecified atom stereocenters. The number of anilines is 2. The third kappa shape index (κ3) is 7.59. The van der Waals surface area contributed by atoms with Crippen molar-refractivity contribution in [1.82, 2.24) is 9.88 Å². The van der Waals surface area contributed by atoms with Gasteiger partial charge in [0.15, 0.2) is 0 Å². The second kappa shape index (κ2) is 12.8. The van der Waals surface area contributed by atoms with Gasteiger partial charge in [-0.05, 0) is 66.8 Å². The first kappa shape index (κ1) is 29.5. The quantitative estimate of drug-likeness (QED) is 0.454. The minimum atomic E-state index is -5.08. The van der Waals surface area contributed by atoms with Crippen LogP contribution in [0.1, 0.15) is 28.8 Å². The lowest BCUT2D eigenvalue weighted by atomic mass is 9.95. The first-order chi connectivity index (χ1) is 19.5. The number of amides is 2. The zero-order valence-corrected chi connectivity index (χ0v) is 21.9. The van der Waals surface area contributed by atoms with E-state index >= 15 is 0 Å². The van der Waals surface area contributed by atoms with Crippen LogP contribution in [0.2, 0.25) is 0 Å². The number of para-hydroxylation sites is 1. The number of fused-ring (bicyclic) bond motifs is 1. The van der Waals surface area contributed by atoms with E-state index in [1.54, 1.807) is 4.90 Å². The molecular formula is C29H28F4N4O4. The van der Waals surface area contributed by atoms with Crippen molar-refractivity contribution in [2.45, 2.75) is 25.6 Å². The Kier molecular flexibility index (Phi) is 9.21. The van der Waals surface area contributed by atoms with E-state index in [-0.39, 0.29) is 18.4 Å². The van der Waals surface area contributed by atoms with Crippen LogP contribution in [0.15, 0.2) is 73.1 Å². The largest absolute Gasteiger partial charge is 0.490 e. The minimum absolute atomic E-state index is 0.000744. The molecule has 0 saturated carbocycles. The average molecular weight is 573 g/mol. The molecule has 216 valence electrons. The summed E-state index contributed by atoms with van der Waals surface area (Å²) in [5.41, 5.74) is 3.37. The Morgan fingerprint density at radius 2 is 1.54 bits per heavy atom. The molecule has 3 heterocycles. The number of benzene rings is 2. The lowest BCUT2D eigenvalue weighted by molar-refractivity contribution is -0.192. The van der Waals surface area contributed by atoms with Crippen LogP contribution in [0.4, 0.5) is 28.9 Å². The Bertz CT molecular complexity index is 1360. The standard InChI is InChI=1S/C27H27FN4O2.C2HF3O2/c28-23-7-5-21(6-8-23)27(34)31-18-22-3-1-2-4-25(22)32(26(33)19-31)17-20-11-15-30(16-12-20)24-9-13-29-14-10-24;3-2(4,5)1(6)7/h1-10,13-14,20H,11-12,15-19H2;(H,6,7). The highest BCUT2D eigenvalue weighted by molar-refractivity contribution is 6.01. The number of nitrogens with zero attached hydrogens (tertiary/aromatic N) is 4. The summed E-state index contributed by atoms with van der Waals surface area (Å²) in [5.74, 6) is -3.12. The molecule has 0 aliphatic carbocycles. The number of carboxylic acids is 1. The van der Waals surface area contributed by atoms with Crippen molar-refractivity contribution in [3.05, 3.63) is 90.0 Å². The van der Waals surface area contributed by atoms with Gasteiger partial charge < -0.3 is 19.8 Å². The van der Waals surface area contributed by atoms with Gasteiger partial charge in [-0.2, -0.15) is 13.2 Å². The van der Waals surface area contributed by atoms with Gasteiger partial charge in [-0.15, -0.1) is 0 Å². The summed E-state index contributed by atoms with van der Waals surface area (Å²) in [6.07, 6.45) is 0.527. The molecule has 41 heavy (non-hydrogen) atoms. The maximum Gasteiger partial charge on any atom is 0.490 e. The maximum atomic E-state index is 13.4. The fraction of sp³-hybridized carbons (Fsp3) is 0.310. The molecule has 3 aromatic rings. The van der Waals surface area contributed by atoms with E-state index < -0.39 is 18.0 Å². The van der Waals surface area contributed by atoms with Crippen molar-refractivity contribution in [2.24, 2.45) is 5.92 Å². The van der Waals surface area contributed by atoms with Crippen molar-refractivity contribution in [3.63, 3.8) is 0 Å². The molecule has 5 rings (SSSR count). The van der Waals surface area contributed by atoms with Gasteiger partial charge in [-0.1, -0.05) is 18.2 Å². The molecule has 1 aromatic heterocycles. The van der Waals surface area contributed by atoms with Gasteiger partial charge in [-0.25, -0.2) is 9.18 Å². The highest BCUT2D eigenvalue weighted by atomic mass is 19.4. The Labute approximate surface area is 233 Å². The van der Waals surface area contributed by atoms with E-state index in [1.165, 1.54) is 30.0 Å². The molecular weight excluding hydrogens is 544 g/mol. The van der Waals surface area contributed by atoms with Crippen molar-refractivity contribution < 1.29 is 37.1 Å². The molecule has 2 amide bonds. The molecule has 1 fully saturated rings. The molecule has 1 N–H and O–H groups in total. The van der Waals surface area contributed by atoms with E-state index in [4.69, 9.17) is 9.90 Å². The number of rotatable bonds is 4. The number of piperidine rings is 1. The number of pyridine rings is 1. The van der Waals surface area contributed by atoms with Gasteiger partial charge in [0.1, 0.15) is 12.4 Å². The summed E-state index contributed by atoms with van der Waals surface area (Å²) in [6.45, 7) is 2.86. The van der Waals surface area contributed by atoms with Crippen LogP contribution in [-0.4, -0.2) is 65.1 Å². The topological polar surface area (TPSA) is 94.0 Å². The first-order valence-corrected chi connectivity index (χ1v) is 12.9. The zero-order valence-electron chi connectivity index (χ0n) is 21.9. The van der Waals surface area contributed by atoms with Gasteiger partial charge in [-0.3, -0.25) is 14.6 Å². The van der Waals surface area contributed by atoms with Crippen molar-refractivity contribution in [1.29, 1.82) is 0 Å². The highest BCUT2D eigenvalue weighted by Crippen LogP contribution is 2.30. The molecule has 2 aliphatic heterocycles. The second-order valence-corrected chi connectivity index (χ2v) is 9.74. The highest BCUT2D eigenvalue weighted by Gasteiger charge is 2.38. The molecule has 0 spiro atoms.